The molecule has 2 nitrogen and oxygen atoms in total. The highest BCUT2D eigenvalue weighted by Gasteiger charge is 2.40. The summed E-state index contributed by atoms with van der Waals surface area (Å²) < 4.78 is 0. The molecule has 0 amide bonds. The van der Waals surface area contributed by atoms with Gasteiger partial charge in [0.1, 0.15) is 0 Å². The molecule has 2 unspecified atom stereocenters. The minimum absolute atomic E-state index is 0.180. The number of hydrogen-bond donors (Lipinski definition) is 1. The maximum Gasteiger partial charge on any atom is 0.0195 e. The van der Waals surface area contributed by atoms with E-state index in [1.807, 2.05) is 0 Å². The number of allylic oxidation sites excluding steroid dienone is 1. The lowest BCUT2D eigenvalue weighted by Gasteiger charge is -2.45. The van der Waals surface area contributed by atoms with Crippen LogP contribution in [0.2, 0.25) is 0 Å². The third-order valence-corrected chi connectivity index (χ3v) is 6.47. The lowest BCUT2D eigenvalue weighted by molar-refractivity contribution is 0.0726. The minimum Gasteiger partial charge on any atom is -0.310 e. The largest absolute Gasteiger partial charge is 0.310 e. The van der Waals surface area contributed by atoms with Gasteiger partial charge in [-0.15, -0.1) is 0 Å². The van der Waals surface area contributed by atoms with Crippen molar-refractivity contribution in [1.82, 2.24) is 10.2 Å². The van der Waals surface area contributed by atoms with Crippen LogP contribution < -0.4 is 5.32 Å². The summed E-state index contributed by atoms with van der Waals surface area (Å²) >= 11 is 0. The second kappa shape index (κ2) is 9.04. The average molecular weight is 351 g/mol. The molecule has 1 rings (SSSR count). The summed E-state index contributed by atoms with van der Waals surface area (Å²) in [4.78, 5) is 2.71. The Bertz CT molecular complexity index is 447. The van der Waals surface area contributed by atoms with Gasteiger partial charge in [-0.3, -0.25) is 4.90 Å². The van der Waals surface area contributed by atoms with Crippen LogP contribution in [0.15, 0.2) is 11.1 Å². The first-order valence-corrected chi connectivity index (χ1v) is 10.6. The highest BCUT2D eigenvalue weighted by Crippen LogP contribution is 2.44. The average Bonchev–Trinajstić information content (AvgIpc) is 2.64. The molecule has 0 aromatic heterocycles. The summed E-state index contributed by atoms with van der Waals surface area (Å²) in [5.74, 6) is 0.737. The summed E-state index contributed by atoms with van der Waals surface area (Å²) in [7, 11) is 0. The zero-order valence-corrected chi connectivity index (χ0v) is 18.9. The maximum atomic E-state index is 3.81. The van der Waals surface area contributed by atoms with E-state index in [1.54, 1.807) is 11.1 Å². The predicted molar refractivity (Wildman–Crippen MR) is 113 cm³/mol. The van der Waals surface area contributed by atoms with Gasteiger partial charge in [-0.1, -0.05) is 52.2 Å². The number of nitrogens with zero attached hydrogens (tertiary/aromatic N) is 1. The summed E-state index contributed by atoms with van der Waals surface area (Å²) in [5.41, 5.74) is 3.88. The Labute approximate surface area is 158 Å². The van der Waals surface area contributed by atoms with Crippen LogP contribution in [-0.4, -0.2) is 35.6 Å². The zero-order chi connectivity index (χ0) is 19.4. The molecule has 0 bridgehead atoms. The van der Waals surface area contributed by atoms with Gasteiger partial charge in [-0.05, 0) is 65.2 Å². The van der Waals surface area contributed by atoms with Crippen LogP contribution in [0, 0.1) is 11.3 Å². The van der Waals surface area contributed by atoms with Crippen molar-refractivity contribution in [3.05, 3.63) is 11.1 Å². The standard InChI is InChI=1S/C23H46N2/c1-11-20-13-21(15-25(18(5)6)14-19(20)7)23(10,12-2)16-22(8,9)24-17(3)4/h17-18,21,24H,11-16H2,1-10H3. The second-order valence-corrected chi connectivity index (χ2v) is 10.0. The van der Waals surface area contributed by atoms with Crippen LogP contribution >= 0.6 is 0 Å². The summed E-state index contributed by atoms with van der Waals surface area (Å²) in [5, 5.41) is 3.81. The molecule has 0 spiro atoms. The van der Waals surface area contributed by atoms with Crippen molar-refractivity contribution >= 4 is 0 Å². The molecule has 25 heavy (non-hydrogen) atoms. The molecule has 0 saturated heterocycles. The Balaban J connectivity index is 3.12. The van der Waals surface area contributed by atoms with Crippen molar-refractivity contribution in [2.45, 2.75) is 113 Å². The number of hydrogen-bond acceptors (Lipinski definition) is 2. The van der Waals surface area contributed by atoms with E-state index >= 15 is 0 Å². The van der Waals surface area contributed by atoms with Gasteiger partial charge in [0, 0.05) is 30.7 Å². The van der Waals surface area contributed by atoms with E-state index in [2.05, 4.69) is 79.5 Å². The predicted octanol–water partition coefficient (Wildman–Crippen LogP) is 6.03. The van der Waals surface area contributed by atoms with Gasteiger partial charge in [0.15, 0.2) is 0 Å². The summed E-state index contributed by atoms with van der Waals surface area (Å²) in [6.07, 6.45) is 4.99. The normalized spacial score (nSPS) is 23.3. The fourth-order valence-corrected chi connectivity index (χ4v) is 5.01. The maximum absolute atomic E-state index is 3.81. The van der Waals surface area contributed by atoms with E-state index in [0.717, 1.165) is 12.5 Å². The Kier molecular flexibility index (Phi) is 8.21. The van der Waals surface area contributed by atoms with Crippen LogP contribution in [0.3, 0.4) is 0 Å². The molecule has 1 aliphatic rings. The molecule has 0 radical (unpaired) electrons. The molecule has 1 aliphatic heterocycles. The Morgan fingerprint density at radius 1 is 1.12 bits per heavy atom. The fraction of sp³-hybridized carbons (Fsp3) is 0.913. The molecule has 2 heteroatoms. The quantitative estimate of drug-likeness (QED) is 0.538. The molecule has 1 N–H and O–H groups in total. The highest BCUT2D eigenvalue weighted by molar-refractivity contribution is 5.17. The Morgan fingerprint density at radius 2 is 1.72 bits per heavy atom. The van der Waals surface area contributed by atoms with Crippen LogP contribution in [0.4, 0.5) is 0 Å². The summed E-state index contributed by atoms with van der Waals surface area (Å²) in [6.45, 7) is 26.1. The number of nitrogens with one attached hydrogen (secondary N) is 1. The molecule has 0 aromatic carbocycles. The van der Waals surface area contributed by atoms with Crippen molar-refractivity contribution < 1.29 is 0 Å². The van der Waals surface area contributed by atoms with Crippen LogP contribution in [-0.2, 0) is 0 Å². The van der Waals surface area contributed by atoms with Gasteiger partial charge in [0.25, 0.3) is 0 Å². The van der Waals surface area contributed by atoms with E-state index in [0.29, 0.717) is 17.5 Å². The summed E-state index contributed by atoms with van der Waals surface area (Å²) in [6, 6.07) is 1.15. The molecule has 0 fully saturated rings. The van der Waals surface area contributed by atoms with Crippen LogP contribution in [0.25, 0.3) is 0 Å². The third kappa shape index (κ3) is 6.40. The van der Waals surface area contributed by atoms with Crippen molar-refractivity contribution in [3.8, 4) is 0 Å². The van der Waals surface area contributed by atoms with E-state index in [4.69, 9.17) is 0 Å². The first kappa shape index (κ1) is 22.7. The molecule has 0 saturated carbocycles. The van der Waals surface area contributed by atoms with Gasteiger partial charge >= 0.3 is 0 Å². The van der Waals surface area contributed by atoms with Gasteiger partial charge in [0.2, 0.25) is 0 Å². The Hall–Kier alpha value is -0.340. The smallest absolute Gasteiger partial charge is 0.0195 e. The van der Waals surface area contributed by atoms with E-state index < -0.39 is 0 Å². The zero-order valence-electron chi connectivity index (χ0n) is 18.9. The molecule has 2 atom stereocenters. The van der Waals surface area contributed by atoms with E-state index in [1.165, 1.54) is 32.2 Å². The molecule has 148 valence electrons. The first-order chi connectivity index (χ1) is 11.4. The second-order valence-electron chi connectivity index (χ2n) is 10.0. The van der Waals surface area contributed by atoms with Gasteiger partial charge < -0.3 is 5.32 Å². The van der Waals surface area contributed by atoms with Crippen LogP contribution in [0.1, 0.15) is 94.9 Å². The Morgan fingerprint density at radius 3 is 2.16 bits per heavy atom. The van der Waals surface area contributed by atoms with Crippen molar-refractivity contribution in [2.24, 2.45) is 11.3 Å². The lowest BCUT2D eigenvalue weighted by atomic mass is 9.66. The third-order valence-electron chi connectivity index (χ3n) is 6.47. The minimum atomic E-state index is 0.180. The van der Waals surface area contributed by atoms with Crippen molar-refractivity contribution in [2.75, 3.05) is 13.1 Å². The van der Waals surface area contributed by atoms with Crippen molar-refractivity contribution in [3.63, 3.8) is 0 Å². The van der Waals surface area contributed by atoms with Gasteiger partial charge in [0.05, 0.1) is 0 Å². The number of rotatable bonds is 8. The molecule has 0 aromatic rings. The topological polar surface area (TPSA) is 15.3 Å². The highest BCUT2D eigenvalue weighted by atomic mass is 15.2. The van der Waals surface area contributed by atoms with E-state index in [9.17, 15) is 0 Å². The molecule has 0 aliphatic carbocycles. The molecular formula is C23H46N2. The SMILES string of the molecule is CCC1=C(C)CN(C(C)C)CC(C(C)(CC)CC(C)(C)NC(C)C)C1. The molecule has 1 heterocycles. The molecular weight excluding hydrogens is 304 g/mol. The fourth-order valence-electron chi connectivity index (χ4n) is 5.01. The first-order valence-electron chi connectivity index (χ1n) is 10.6. The van der Waals surface area contributed by atoms with Gasteiger partial charge in [-0.2, -0.15) is 0 Å². The van der Waals surface area contributed by atoms with E-state index in [-0.39, 0.29) is 5.54 Å². The van der Waals surface area contributed by atoms with Crippen LogP contribution in [0.5, 0.6) is 0 Å². The lowest BCUT2D eigenvalue weighted by Crippen LogP contribution is -2.49. The van der Waals surface area contributed by atoms with Gasteiger partial charge in [-0.25, -0.2) is 0 Å². The monoisotopic (exact) mass is 350 g/mol. The van der Waals surface area contributed by atoms with Crippen molar-refractivity contribution in [1.29, 1.82) is 0 Å².